The maximum Gasteiger partial charge on any atom is 0.0837 e. The molecule has 14 heavy (non-hydrogen) atoms. The van der Waals surface area contributed by atoms with Crippen molar-refractivity contribution in [1.82, 2.24) is 5.06 Å². The first-order chi connectivity index (χ1) is 6.81. The summed E-state index contributed by atoms with van der Waals surface area (Å²) in [5.41, 5.74) is 0. The summed E-state index contributed by atoms with van der Waals surface area (Å²) in [5, 5.41) is 2.36. The Balaban J connectivity index is 1.74. The van der Waals surface area contributed by atoms with Crippen molar-refractivity contribution in [2.45, 2.75) is 44.8 Å². The van der Waals surface area contributed by atoms with Gasteiger partial charge in [-0.2, -0.15) is 5.06 Å². The van der Waals surface area contributed by atoms with Gasteiger partial charge in [0.1, 0.15) is 0 Å². The lowest BCUT2D eigenvalue weighted by molar-refractivity contribution is -0.172. The Labute approximate surface area is 85.6 Å². The molecular formula is C12H19NO. The van der Waals surface area contributed by atoms with E-state index in [1.54, 1.807) is 0 Å². The molecule has 2 saturated carbocycles. The monoisotopic (exact) mass is 193 g/mol. The zero-order valence-electron chi connectivity index (χ0n) is 8.86. The summed E-state index contributed by atoms with van der Waals surface area (Å²) >= 11 is 0. The van der Waals surface area contributed by atoms with Gasteiger partial charge >= 0.3 is 0 Å². The second-order valence-corrected chi connectivity index (χ2v) is 6.04. The van der Waals surface area contributed by atoms with Gasteiger partial charge in [-0.1, -0.05) is 6.92 Å². The Morgan fingerprint density at radius 1 is 1.07 bits per heavy atom. The quantitative estimate of drug-likeness (QED) is 0.584. The standard InChI is InChI=1S/C12H19NO/c1-7-2-8-5-12-9-4-10(8)11(3-7)13(6-9)14-12/h7-12H,2-6H2,1H3. The van der Waals surface area contributed by atoms with E-state index >= 15 is 0 Å². The van der Waals surface area contributed by atoms with Gasteiger partial charge in [0.05, 0.1) is 6.10 Å². The Kier molecular flexibility index (Phi) is 1.47. The first-order valence-corrected chi connectivity index (χ1v) is 6.24. The number of hydroxylamine groups is 2. The highest BCUT2D eigenvalue weighted by molar-refractivity contribution is 5.03. The molecule has 2 aliphatic heterocycles. The van der Waals surface area contributed by atoms with Crippen LogP contribution in [0.5, 0.6) is 0 Å². The van der Waals surface area contributed by atoms with Crippen molar-refractivity contribution in [2.24, 2.45) is 23.7 Å². The van der Waals surface area contributed by atoms with E-state index in [-0.39, 0.29) is 0 Å². The van der Waals surface area contributed by atoms with Crippen LogP contribution in [0.25, 0.3) is 0 Å². The predicted octanol–water partition coefficient (Wildman–Crippen LogP) is 2.06. The zero-order chi connectivity index (χ0) is 9.28. The number of rotatable bonds is 0. The van der Waals surface area contributed by atoms with Crippen LogP contribution in [0.3, 0.4) is 0 Å². The molecule has 2 aliphatic carbocycles. The maximum atomic E-state index is 6.07. The lowest BCUT2D eigenvalue weighted by atomic mass is 9.61. The number of hydrogen-bond donors (Lipinski definition) is 0. The molecule has 7 unspecified atom stereocenters. The molecule has 4 rings (SSSR count). The van der Waals surface area contributed by atoms with Gasteiger partial charge in [-0.05, 0) is 43.4 Å². The third-order valence-electron chi connectivity index (χ3n) is 5.14. The van der Waals surface area contributed by atoms with Crippen LogP contribution in [-0.4, -0.2) is 23.8 Å². The van der Waals surface area contributed by atoms with E-state index in [0.29, 0.717) is 6.10 Å². The average Bonchev–Trinajstić information content (AvgIpc) is 2.48. The van der Waals surface area contributed by atoms with Crippen LogP contribution in [-0.2, 0) is 4.84 Å². The Hall–Kier alpha value is -0.0800. The van der Waals surface area contributed by atoms with Crippen molar-refractivity contribution in [2.75, 3.05) is 6.54 Å². The second-order valence-electron chi connectivity index (χ2n) is 6.04. The minimum Gasteiger partial charge on any atom is -0.295 e. The van der Waals surface area contributed by atoms with Crippen LogP contribution < -0.4 is 0 Å². The molecule has 7 atom stereocenters. The van der Waals surface area contributed by atoms with Crippen LogP contribution in [0.2, 0.25) is 0 Å². The Bertz CT molecular complexity index is 267. The van der Waals surface area contributed by atoms with Crippen LogP contribution in [0.1, 0.15) is 32.6 Å². The van der Waals surface area contributed by atoms with Gasteiger partial charge < -0.3 is 0 Å². The molecule has 0 aromatic heterocycles. The minimum atomic E-state index is 0.603. The summed E-state index contributed by atoms with van der Waals surface area (Å²) < 4.78 is 0. The normalized spacial score (nSPS) is 64.5. The summed E-state index contributed by atoms with van der Waals surface area (Å²) in [4.78, 5) is 6.07. The van der Waals surface area contributed by atoms with Gasteiger partial charge in [0.15, 0.2) is 0 Å². The molecule has 0 radical (unpaired) electrons. The topological polar surface area (TPSA) is 12.5 Å². The number of fused-ring (bicyclic) bond motifs is 2. The van der Waals surface area contributed by atoms with Gasteiger partial charge in [-0.3, -0.25) is 4.84 Å². The highest BCUT2D eigenvalue weighted by Gasteiger charge is 2.55. The minimum absolute atomic E-state index is 0.603. The van der Waals surface area contributed by atoms with E-state index in [9.17, 15) is 0 Å². The van der Waals surface area contributed by atoms with Crippen LogP contribution >= 0.6 is 0 Å². The molecule has 0 aromatic rings. The first-order valence-electron chi connectivity index (χ1n) is 6.24. The van der Waals surface area contributed by atoms with Gasteiger partial charge in [0, 0.05) is 18.5 Å². The van der Waals surface area contributed by atoms with Crippen molar-refractivity contribution in [3.05, 3.63) is 0 Å². The lowest BCUT2D eigenvalue weighted by Gasteiger charge is -2.48. The fourth-order valence-electron chi connectivity index (χ4n) is 4.62. The molecule has 4 aliphatic rings. The molecule has 0 spiro atoms. The van der Waals surface area contributed by atoms with Gasteiger partial charge in [0.25, 0.3) is 0 Å². The highest BCUT2D eigenvalue weighted by Crippen LogP contribution is 2.54. The number of nitrogens with zero attached hydrogens (tertiary/aromatic N) is 1. The van der Waals surface area contributed by atoms with E-state index in [0.717, 1.165) is 29.7 Å². The summed E-state index contributed by atoms with van der Waals surface area (Å²) in [5.74, 6) is 3.81. The van der Waals surface area contributed by atoms with Gasteiger partial charge in [0.2, 0.25) is 0 Å². The molecule has 0 amide bonds. The summed E-state index contributed by atoms with van der Waals surface area (Å²) in [7, 11) is 0. The third-order valence-corrected chi connectivity index (χ3v) is 5.14. The molecule has 3 bridgehead atoms. The fourth-order valence-corrected chi connectivity index (χ4v) is 4.62. The molecular weight excluding hydrogens is 174 g/mol. The van der Waals surface area contributed by atoms with Crippen LogP contribution in [0.4, 0.5) is 0 Å². The highest BCUT2D eigenvalue weighted by atomic mass is 16.7. The predicted molar refractivity (Wildman–Crippen MR) is 53.5 cm³/mol. The van der Waals surface area contributed by atoms with Gasteiger partial charge in [-0.25, -0.2) is 0 Å². The molecule has 2 nitrogen and oxygen atoms in total. The van der Waals surface area contributed by atoms with Crippen molar-refractivity contribution in [3.8, 4) is 0 Å². The van der Waals surface area contributed by atoms with Gasteiger partial charge in [-0.15, -0.1) is 0 Å². The fraction of sp³-hybridized carbons (Fsp3) is 1.00. The van der Waals surface area contributed by atoms with Crippen molar-refractivity contribution in [3.63, 3.8) is 0 Å². The molecule has 0 aromatic carbocycles. The molecule has 2 heterocycles. The van der Waals surface area contributed by atoms with Crippen molar-refractivity contribution >= 4 is 0 Å². The molecule has 0 N–H and O–H groups in total. The van der Waals surface area contributed by atoms with E-state index < -0.39 is 0 Å². The first kappa shape index (κ1) is 8.12. The third kappa shape index (κ3) is 0.892. The van der Waals surface area contributed by atoms with E-state index in [4.69, 9.17) is 4.84 Å². The van der Waals surface area contributed by atoms with Crippen LogP contribution in [0, 0.1) is 23.7 Å². The van der Waals surface area contributed by atoms with E-state index in [1.165, 1.54) is 32.2 Å². The molecule has 4 fully saturated rings. The van der Waals surface area contributed by atoms with Crippen molar-refractivity contribution < 1.29 is 4.84 Å². The Morgan fingerprint density at radius 2 is 2.00 bits per heavy atom. The number of hydrogen-bond acceptors (Lipinski definition) is 2. The summed E-state index contributed by atoms with van der Waals surface area (Å²) in [6.07, 6.45) is 6.31. The smallest absolute Gasteiger partial charge is 0.0837 e. The average molecular weight is 193 g/mol. The largest absolute Gasteiger partial charge is 0.295 e. The molecule has 2 heteroatoms. The zero-order valence-corrected chi connectivity index (χ0v) is 8.86. The van der Waals surface area contributed by atoms with E-state index in [1.807, 2.05) is 0 Å². The Morgan fingerprint density at radius 3 is 2.93 bits per heavy atom. The lowest BCUT2D eigenvalue weighted by Crippen LogP contribution is -2.50. The van der Waals surface area contributed by atoms with Crippen molar-refractivity contribution in [1.29, 1.82) is 0 Å². The number of piperidine rings is 1. The SMILES string of the molecule is CC1CC2CC3ON4CC3CC2C4C1. The summed E-state index contributed by atoms with van der Waals surface area (Å²) in [6.45, 7) is 3.67. The molecule has 2 saturated heterocycles. The molecule has 78 valence electrons. The second kappa shape index (κ2) is 2.53. The van der Waals surface area contributed by atoms with E-state index in [2.05, 4.69) is 12.0 Å². The summed E-state index contributed by atoms with van der Waals surface area (Å²) in [6, 6.07) is 0.785. The maximum absolute atomic E-state index is 6.07. The van der Waals surface area contributed by atoms with Crippen LogP contribution in [0.15, 0.2) is 0 Å².